The minimum atomic E-state index is -0.980. The van der Waals surface area contributed by atoms with Crippen molar-refractivity contribution in [3.8, 4) is 0 Å². The summed E-state index contributed by atoms with van der Waals surface area (Å²) in [5, 5.41) is 12.3. The van der Waals surface area contributed by atoms with Crippen molar-refractivity contribution in [2.75, 3.05) is 0 Å². The predicted octanol–water partition coefficient (Wildman–Crippen LogP) is 3.68. The predicted molar refractivity (Wildman–Crippen MR) is 80.6 cm³/mol. The van der Waals surface area contributed by atoms with Gasteiger partial charge in [-0.25, -0.2) is 4.39 Å². The SMILES string of the molecule is CCC(CC(=O)O)NC(=O)c1sc2cc(F)ccc2c1Cl. The Bertz CT molecular complexity index is 701. The van der Waals surface area contributed by atoms with E-state index in [1.807, 2.05) is 0 Å². The van der Waals surface area contributed by atoms with E-state index >= 15 is 0 Å². The van der Waals surface area contributed by atoms with Crippen molar-refractivity contribution < 1.29 is 19.1 Å². The molecule has 21 heavy (non-hydrogen) atoms. The van der Waals surface area contributed by atoms with E-state index < -0.39 is 23.7 Å². The Morgan fingerprint density at radius 2 is 2.19 bits per heavy atom. The lowest BCUT2D eigenvalue weighted by Crippen LogP contribution is -2.35. The third kappa shape index (κ3) is 3.51. The Hall–Kier alpha value is -1.66. The molecule has 2 aromatic rings. The first-order valence-electron chi connectivity index (χ1n) is 6.32. The Balaban J connectivity index is 2.26. The topological polar surface area (TPSA) is 66.4 Å². The molecule has 0 saturated carbocycles. The van der Waals surface area contributed by atoms with Gasteiger partial charge in [-0.05, 0) is 24.6 Å². The van der Waals surface area contributed by atoms with Gasteiger partial charge in [-0.2, -0.15) is 0 Å². The molecule has 1 aromatic heterocycles. The van der Waals surface area contributed by atoms with Crippen LogP contribution >= 0.6 is 22.9 Å². The lowest BCUT2D eigenvalue weighted by atomic mass is 10.1. The fourth-order valence-electron chi connectivity index (χ4n) is 1.94. The van der Waals surface area contributed by atoms with E-state index in [0.29, 0.717) is 16.5 Å². The van der Waals surface area contributed by atoms with Crippen LogP contribution in [0, 0.1) is 5.82 Å². The highest BCUT2D eigenvalue weighted by Crippen LogP contribution is 2.35. The van der Waals surface area contributed by atoms with Crippen LogP contribution in [-0.4, -0.2) is 23.0 Å². The molecule has 1 amide bonds. The Labute approximate surface area is 129 Å². The summed E-state index contributed by atoms with van der Waals surface area (Å²) in [5.41, 5.74) is 0. The number of carbonyl (C=O) groups is 2. The zero-order valence-corrected chi connectivity index (χ0v) is 12.7. The van der Waals surface area contributed by atoms with Gasteiger partial charge in [0.2, 0.25) is 0 Å². The highest BCUT2D eigenvalue weighted by Gasteiger charge is 2.21. The number of halogens is 2. The zero-order chi connectivity index (χ0) is 15.6. The van der Waals surface area contributed by atoms with Crippen molar-refractivity contribution >= 4 is 44.9 Å². The minimum absolute atomic E-state index is 0.153. The number of hydrogen-bond donors (Lipinski definition) is 2. The van der Waals surface area contributed by atoms with Crippen LogP contribution in [0.4, 0.5) is 4.39 Å². The summed E-state index contributed by atoms with van der Waals surface area (Å²) < 4.78 is 13.8. The number of nitrogens with one attached hydrogen (secondary N) is 1. The molecule has 4 nitrogen and oxygen atoms in total. The van der Waals surface area contributed by atoms with Crippen LogP contribution in [0.1, 0.15) is 29.4 Å². The number of rotatable bonds is 5. The van der Waals surface area contributed by atoms with Gasteiger partial charge in [0.15, 0.2) is 0 Å². The summed E-state index contributed by atoms with van der Waals surface area (Å²) in [6, 6.07) is 3.65. The number of benzene rings is 1. The lowest BCUT2D eigenvalue weighted by Gasteiger charge is -2.14. The maximum absolute atomic E-state index is 13.2. The van der Waals surface area contributed by atoms with Crippen molar-refractivity contribution in [1.29, 1.82) is 0 Å². The molecule has 0 spiro atoms. The lowest BCUT2D eigenvalue weighted by molar-refractivity contribution is -0.137. The Kier molecular flexibility index (Phi) is 4.80. The maximum atomic E-state index is 13.2. The van der Waals surface area contributed by atoms with Gasteiger partial charge in [-0.3, -0.25) is 9.59 Å². The van der Waals surface area contributed by atoms with Crippen LogP contribution in [0.2, 0.25) is 5.02 Å². The maximum Gasteiger partial charge on any atom is 0.305 e. The average molecular weight is 330 g/mol. The van der Waals surface area contributed by atoms with Gasteiger partial charge in [0.1, 0.15) is 10.7 Å². The summed E-state index contributed by atoms with van der Waals surface area (Å²) in [6.07, 6.45) is 0.342. The molecule has 2 rings (SSSR count). The fraction of sp³-hybridized carbons (Fsp3) is 0.286. The van der Waals surface area contributed by atoms with E-state index in [0.717, 1.165) is 11.3 Å². The van der Waals surface area contributed by atoms with Gasteiger partial charge in [0.05, 0.1) is 11.4 Å². The standard InChI is InChI=1S/C14H13ClFNO3S/c1-2-8(6-11(18)19)17-14(20)13-12(15)9-4-3-7(16)5-10(9)21-13/h3-5,8H,2,6H2,1H3,(H,17,20)(H,18,19). The molecule has 0 aliphatic heterocycles. The molecular weight excluding hydrogens is 317 g/mol. The van der Waals surface area contributed by atoms with E-state index in [2.05, 4.69) is 5.32 Å². The first kappa shape index (κ1) is 15.7. The molecular formula is C14H13ClFNO3S. The molecule has 1 unspecified atom stereocenters. The highest BCUT2D eigenvalue weighted by molar-refractivity contribution is 7.21. The quantitative estimate of drug-likeness (QED) is 0.879. The summed E-state index contributed by atoms with van der Waals surface area (Å²) in [5.74, 6) is -1.81. The van der Waals surface area contributed by atoms with Crippen LogP contribution < -0.4 is 5.32 Å². The normalized spacial score (nSPS) is 12.3. The third-order valence-corrected chi connectivity index (χ3v) is 4.70. The van der Waals surface area contributed by atoms with Crippen molar-refractivity contribution in [1.82, 2.24) is 5.32 Å². The van der Waals surface area contributed by atoms with Gasteiger partial charge in [0.25, 0.3) is 5.91 Å². The van der Waals surface area contributed by atoms with Gasteiger partial charge in [0, 0.05) is 16.1 Å². The molecule has 1 atom stereocenters. The van der Waals surface area contributed by atoms with E-state index in [-0.39, 0.29) is 16.3 Å². The number of aliphatic carboxylic acids is 1. The van der Waals surface area contributed by atoms with Crippen molar-refractivity contribution in [3.05, 3.63) is 33.9 Å². The number of hydrogen-bond acceptors (Lipinski definition) is 3. The van der Waals surface area contributed by atoms with Crippen LogP contribution in [0.5, 0.6) is 0 Å². The van der Waals surface area contributed by atoms with Crippen molar-refractivity contribution in [3.63, 3.8) is 0 Å². The van der Waals surface area contributed by atoms with E-state index in [1.54, 1.807) is 6.92 Å². The summed E-state index contributed by atoms with van der Waals surface area (Å²) in [6.45, 7) is 1.79. The third-order valence-electron chi connectivity index (χ3n) is 3.05. The Morgan fingerprint density at radius 3 is 2.81 bits per heavy atom. The zero-order valence-electron chi connectivity index (χ0n) is 11.2. The van der Waals surface area contributed by atoms with Crippen LogP contribution in [-0.2, 0) is 4.79 Å². The fourth-order valence-corrected chi connectivity index (χ4v) is 3.39. The van der Waals surface area contributed by atoms with Gasteiger partial charge in [-0.1, -0.05) is 18.5 Å². The van der Waals surface area contributed by atoms with E-state index in [9.17, 15) is 14.0 Å². The first-order valence-corrected chi connectivity index (χ1v) is 7.52. The highest BCUT2D eigenvalue weighted by atomic mass is 35.5. The van der Waals surface area contributed by atoms with Gasteiger partial charge in [-0.15, -0.1) is 11.3 Å². The van der Waals surface area contributed by atoms with Gasteiger partial charge >= 0.3 is 5.97 Å². The number of amides is 1. The Morgan fingerprint density at radius 1 is 1.48 bits per heavy atom. The van der Waals surface area contributed by atoms with Crippen LogP contribution in [0.15, 0.2) is 18.2 Å². The summed E-state index contributed by atoms with van der Waals surface area (Å²) in [7, 11) is 0. The minimum Gasteiger partial charge on any atom is -0.481 e. The van der Waals surface area contributed by atoms with E-state index in [4.69, 9.17) is 16.7 Å². The second-order valence-electron chi connectivity index (χ2n) is 4.56. The van der Waals surface area contributed by atoms with Crippen LogP contribution in [0.25, 0.3) is 10.1 Å². The molecule has 0 aliphatic rings. The number of carboxylic acid groups (broad SMARTS) is 1. The molecule has 1 aromatic carbocycles. The molecule has 0 bridgehead atoms. The number of carboxylic acids is 1. The molecule has 1 heterocycles. The number of fused-ring (bicyclic) bond motifs is 1. The molecule has 0 saturated heterocycles. The summed E-state index contributed by atoms with van der Waals surface area (Å²) >= 11 is 7.23. The molecule has 0 radical (unpaired) electrons. The van der Waals surface area contributed by atoms with Crippen molar-refractivity contribution in [2.45, 2.75) is 25.8 Å². The largest absolute Gasteiger partial charge is 0.481 e. The molecule has 2 N–H and O–H groups in total. The monoisotopic (exact) mass is 329 g/mol. The first-order chi connectivity index (χ1) is 9.92. The molecule has 112 valence electrons. The van der Waals surface area contributed by atoms with Gasteiger partial charge < -0.3 is 10.4 Å². The second-order valence-corrected chi connectivity index (χ2v) is 5.99. The van der Waals surface area contributed by atoms with Crippen LogP contribution in [0.3, 0.4) is 0 Å². The second kappa shape index (κ2) is 6.41. The summed E-state index contributed by atoms with van der Waals surface area (Å²) in [4.78, 5) is 23.2. The number of thiophene rings is 1. The molecule has 7 heteroatoms. The molecule has 0 aliphatic carbocycles. The van der Waals surface area contributed by atoms with Crippen molar-refractivity contribution in [2.24, 2.45) is 0 Å². The smallest absolute Gasteiger partial charge is 0.305 e. The molecule has 0 fully saturated rings. The van der Waals surface area contributed by atoms with E-state index in [1.165, 1.54) is 18.2 Å². The average Bonchev–Trinajstić information content (AvgIpc) is 2.74. The number of carbonyl (C=O) groups excluding carboxylic acids is 1.